The van der Waals surface area contributed by atoms with E-state index in [2.05, 4.69) is 17.9 Å². The summed E-state index contributed by atoms with van der Waals surface area (Å²) in [5.74, 6) is -0.119. The minimum Gasteiger partial charge on any atom is -0.370 e. The maximum Gasteiger partial charge on any atom is 0.407 e. The third-order valence-corrected chi connectivity index (χ3v) is 3.48. The molecule has 0 aromatic heterocycles. The van der Waals surface area contributed by atoms with Gasteiger partial charge in [-0.1, -0.05) is 12.1 Å². The van der Waals surface area contributed by atoms with Crippen molar-refractivity contribution >= 4 is 18.6 Å². The molecule has 8 heteroatoms. The Morgan fingerprint density at radius 3 is 2.35 bits per heavy atom. The third kappa shape index (κ3) is 3.37. The molecular weight excluding hydrogens is 289 g/mol. The van der Waals surface area contributed by atoms with Crippen molar-refractivity contribution in [3.8, 4) is 0 Å². The summed E-state index contributed by atoms with van der Waals surface area (Å²) in [6, 6.07) is 3.82. The first kappa shape index (κ1) is 15.0. The molecule has 0 aliphatic carbocycles. The molecule has 1 aliphatic rings. The van der Waals surface area contributed by atoms with Gasteiger partial charge in [0.15, 0.2) is 5.96 Å². The number of nitrogens with one attached hydrogen (secondary N) is 2. The van der Waals surface area contributed by atoms with Crippen LogP contribution in [0.3, 0.4) is 0 Å². The van der Waals surface area contributed by atoms with Crippen molar-refractivity contribution in [2.24, 2.45) is 5.73 Å². The number of nitrogens with two attached hydrogens (primary N) is 1. The Labute approximate surface area is 120 Å². The van der Waals surface area contributed by atoms with Gasteiger partial charge in [-0.25, -0.2) is 0 Å². The van der Waals surface area contributed by atoms with E-state index in [0.29, 0.717) is 18.0 Å². The van der Waals surface area contributed by atoms with Crippen LogP contribution in [0.25, 0.3) is 0 Å². The molecule has 20 heavy (non-hydrogen) atoms. The summed E-state index contributed by atoms with van der Waals surface area (Å²) in [4.78, 5) is 2.11. The SMILES string of the molecule is N=C(N)N1CC(NC(c2ccc(S)cc2)C(F)(F)F)C1. The zero-order valence-electron chi connectivity index (χ0n) is 10.5. The Balaban J connectivity index is 2.06. The van der Waals surface area contributed by atoms with E-state index in [1.165, 1.54) is 29.2 Å². The van der Waals surface area contributed by atoms with Gasteiger partial charge in [-0.3, -0.25) is 10.7 Å². The van der Waals surface area contributed by atoms with Crippen molar-refractivity contribution in [3.05, 3.63) is 29.8 Å². The lowest BCUT2D eigenvalue weighted by molar-refractivity contribution is -0.161. The van der Waals surface area contributed by atoms with Crippen LogP contribution in [0.5, 0.6) is 0 Å². The highest BCUT2D eigenvalue weighted by Crippen LogP contribution is 2.34. The fourth-order valence-electron chi connectivity index (χ4n) is 2.06. The fourth-order valence-corrected chi connectivity index (χ4v) is 2.21. The van der Waals surface area contributed by atoms with E-state index in [9.17, 15) is 13.2 Å². The summed E-state index contributed by atoms with van der Waals surface area (Å²) in [5.41, 5.74) is 5.40. The zero-order chi connectivity index (χ0) is 14.9. The normalized spacial score (nSPS) is 17.7. The van der Waals surface area contributed by atoms with E-state index in [1.807, 2.05) is 0 Å². The number of rotatable bonds is 3. The molecule has 4 N–H and O–H groups in total. The maximum absolute atomic E-state index is 13.1. The van der Waals surface area contributed by atoms with Gasteiger partial charge in [-0.2, -0.15) is 13.2 Å². The molecule has 0 amide bonds. The molecule has 0 radical (unpaired) electrons. The van der Waals surface area contributed by atoms with Gasteiger partial charge in [0.1, 0.15) is 6.04 Å². The van der Waals surface area contributed by atoms with E-state index in [1.54, 1.807) is 0 Å². The molecule has 0 saturated carbocycles. The summed E-state index contributed by atoms with van der Waals surface area (Å²) in [7, 11) is 0. The Bertz CT molecular complexity index is 482. The Morgan fingerprint density at radius 2 is 1.90 bits per heavy atom. The standard InChI is InChI=1S/C12H15F3N4S/c13-12(14,15)10(7-1-3-9(20)4-2-7)18-8-5-19(6-8)11(16)17/h1-4,8,10,18,20H,5-6H2,(H3,16,17). The van der Waals surface area contributed by atoms with Crippen molar-refractivity contribution in [1.82, 2.24) is 10.2 Å². The van der Waals surface area contributed by atoms with Gasteiger partial charge in [-0.15, -0.1) is 12.6 Å². The van der Waals surface area contributed by atoms with Crippen LogP contribution in [-0.4, -0.2) is 36.2 Å². The van der Waals surface area contributed by atoms with E-state index in [-0.39, 0.29) is 17.6 Å². The second kappa shape index (κ2) is 5.53. The lowest BCUT2D eigenvalue weighted by atomic mass is 10.0. The monoisotopic (exact) mass is 304 g/mol. The van der Waals surface area contributed by atoms with Crippen molar-refractivity contribution in [2.45, 2.75) is 23.2 Å². The second-order valence-electron chi connectivity index (χ2n) is 4.72. The Morgan fingerprint density at radius 1 is 1.35 bits per heavy atom. The molecule has 1 fully saturated rings. The van der Waals surface area contributed by atoms with Gasteiger partial charge < -0.3 is 10.6 Å². The second-order valence-corrected chi connectivity index (χ2v) is 5.24. The van der Waals surface area contributed by atoms with Crippen LogP contribution in [-0.2, 0) is 0 Å². The molecule has 1 saturated heterocycles. The Hall–Kier alpha value is -1.41. The number of guanidine groups is 1. The topological polar surface area (TPSA) is 65.1 Å². The molecule has 1 aromatic carbocycles. The van der Waals surface area contributed by atoms with Crippen LogP contribution in [0.2, 0.25) is 0 Å². The minimum atomic E-state index is -4.38. The average molecular weight is 304 g/mol. The van der Waals surface area contributed by atoms with E-state index >= 15 is 0 Å². The number of hydrogen-bond acceptors (Lipinski definition) is 3. The molecule has 110 valence electrons. The predicted molar refractivity (Wildman–Crippen MR) is 72.9 cm³/mol. The molecular formula is C12H15F3N4S. The molecule has 2 rings (SSSR count). The molecule has 0 spiro atoms. The predicted octanol–water partition coefficient (Wildman–Crippen LogP) is 1.75. The van der Waals surface area contributed by atoms with E-state index < -0.39 is 12.2 Å². The van der Waals surface area contributed by atoms with Gasteiger partial charge in [0.05, 0.1) is 0 Å². The number of benzene rings is 1. The van der Waals surface area contributed by atoms with Crippen LogP contribution in [0, 0.1) is 5.41 Å². The van der Waals surface area contributed by atoms with Crippen molar-refractivity contribution in [1.29, 1.82) is 5.41 Å². The van der Waals surface area contributed by atoms with Gasteiger partial charge >= 0.3 is 6.18 Å². The fraction of sp³-hybridized carbons (Fsp3) is 0.417. The lowest BCUT2D eigenvalue weighted by Crippen LogP contribution is -2.62. The highest BCUT2D eigenvalue weighted by atomic mass is 32.1. The first-order valence-corrected chi connectivity index (χ1v) is 6.43. The van der Waals surface area contributed by atoms with Gasteiger partial charge in [-0.05, 0) is 17.7 Å². The molecule has 1 heterocycles. The number of likely N-dealkylation sites (tertiary alicyclic amines) is 1. The largest absolute Gasteiger partial charge is 0.407 e. The number of halogens is 3. The quantitative estimate of drug-likeness (QED) is 0.391. The molecule has 1 unspecified atom stereocenters. The van der Waals surface area contributed by atoms with Crippen LogP contribution < -0.4 is 11.1 Å². The number of alkyl halides is 3. The minimum absolute atomic E-state index is 0.119. The highest BCUT2D eigenvalue weighted by Gasteiger charge is 2.43. The first-order chi connectivity index (χ1) is 9.27. The van der Waals surface area contributed by atoms with E-state index in [4.69, 9.17) is 11.1 Å². The molecule has 4 nitrogen and oxygen atoms in total. The Kier molecular flexibility index (Phi) is 4.14. The van der Waals surface area contributed by atoms with Crippen molar-refractivity contribution in [3.63, 3.8) is 0 Å². The van der Waals surface area contributed by atoms with Gasteiger partial charge in [0.25, 0.3) is 0 Å². The summed E-state index contributed by atoms with van der Waals surface area (Å²) in [6.07, 6.45) is -4.38. The van der Waals surface area contributed by atoms with Crippen molar-refractivity contribution < 1.29 is 13.2 Å². The van der Waals surface area contributed by atoms with Gasteiger partial charge in [0, 0.05) is 24.0 Å². The average Bonchev–Trinajstić information content (AvgIpc) is 2.27. The number of hydrogen-bond donors (Lipinski definition) is 4. The highest BCUT2D eigenvalue weighted by molar-refractivity contribution is 7.80. The maximum atomic E-state index is 13.1. The summed E-state index contributed by atoms with van der Waals surface area (Å²) in [6.45, 7) is 0.624. The molecule has 0 bridgehead atoms. The summed E-state index contributed by atoms with van der Waals surface area (Å²) < 4.78 is 39.4. The number of thiol groups is 1. The summed E-state index contributed by atoms with van der Waals surface area (Å²) >= 11 is 4.06. The van der Waals surface area contributed by atoms with Crippen LogP contribution in [0.1, 0.15) is 11.6 Å². The number of nitrogens with zero attached hydrogens (tertiary/aromatic N) is 1. The summed E-state index contributed by atoms with van der Waals surface area (Å²) in [5, 5.41) is 9.75. The van der Waals surface area contributed by atoms with Crippen LogP contribution >= 0.6 is 12.6 Å². The van der Waals surface area contributed by atoms with Crippen molar-refractivity contribution in [2.75, 3.05) is 13.1 Å². The lowest BCUT2D eigenvalue weighted by Gasteiger charge is -2.42. The van der Waals surface area contributed by atoms with Gasteiger partial charge in [0.2, 0.25) is 0 Å². The molecule has 1 aliphatic heterocycles. The zero-order valence-corrected chi connectivity index (χ0v) is 11.4. The first-order valence-electron chi connectivity index (χ1n) is 5.98. The molecule has 1 atom stereocenters. The molecule has 1 aromatic rings. The van der Waals surface area contributed by atoms with Crippen LogP contribution in [0.15, 0.2) is 29.2 Å². The smallest absolute Gasteiger partial charge is 0.370 e. The van der Waals surface area contributed by atoms with E-state index in [0.717, 1.165) is 0 Å². The van der Waals surface area contributed by atoms with Crippen LogP contribution in [0.4, 0.5) is 13.2 Å². The third-order valence-electron chi connectivity index (χ3n) is 3.18.